The summed E-state index contributed by atoms with van der Waals surface area (Å²) >= 11 is 1.73. The quantitative estimate of drug-likeness (QED) is 0.607. The van der Waals surface area contributed by atoms with Crippen molar-refractivity contribution in [2.75, 3.05) is 0 Å². The maximum Gasteiger partial charge on any atom is 0.121 e. The molecule has 3 rings (SSSR count). The number of aryl methyl sites for hydroxylation is 1. The second kappa shape index (κ2) is 3.21. The van der Waals surface area contributed by atoms with Crippen LogP contribution < -0.4 is 0 Å². The summed E-state index contributed by atoms with van der Waals surface area (Å²) in [6, 6.07) is 12.4. The largest absolute Gasteiger partial charge is 0.257 e. The van der Waals surface area contributed by atoms with Crippen LogP contribution in [0.25, 0.3) is 21.5 Å². The standard InChI is InChI=1S/C12H10N2S/c1-14-12-10(7-8-15-12)11(13-14)9-5-3-2-4-6-9/h2-8H,1H3. The molecule has 0 fully saturated rings. The first-order valence-corrected chi connectivity index (χ1v) is 5.70. The topological polar surface area (TPSA) is 17.8 Å². The van der Waals surface area contributed by atoms with Gasteiger partial charge in [-0.1, -0.05) is 30.3 Å². The van der Waals surface area contributed by atoms with Crippen molar-refractivity contribution in [3.63, 3.8) is 0 Å². The zero-order valence-corrected chi connectivity index (χ0v) is 9.16. The van der Waals surface area contributed by atoms with Crippen LogP contribution in [0.4, 0.5) is 0 Å². The molecule has 0 saturated heterocycles. The van der Waals surface area contributed by atoms with Crippen LogP contribution in [0.5, 0.6) is 0 Å². The highest BCUT2D eigenvalue weighted by Crippen LogP contribution is 2.30. The first-order valence-electron chi connectivity index (χ1n) is 4.82. The van der Waals surface area contributed by atoms with Crippen LogP contribution in [-0.4, -0.2) is 9.78 Å². The minimum absolute atomic E-state index is 1.08. The fourth-order valence-corrected chi connectivity index (χ4v) is 2.61. The number of fused-ring (bicyclic) bond motifs is 1. The molecule has 0 unspecified atom stereocenters. The highest BCUT2D eigenvalue weighted by molar-refractivity contribution is 7.16. The van der Waals surface area contributed by atoms with Crippen LogP contribution in [0.1, 0.15) is 0 Å². The lowest BCUT2D eigenvalue weighted by atomic mass is 10.1. The van der Waals surface area contributed by atoms with Crippen molar-refractivity contribution in [2.24, 2.45) is 7.05 Å². The van der Waals surface area contributed by atoms with Crippen LogP contribution >= 0.6 is 11.3 Å². The molecule has 2 heterocycles. The van der Waals surface area contributed by atoms with Crippen molar-refractivity contribution < 1.29 is 0 Å². The number of thiophene rings is 1. The lowest BCUT2D eigenvalue weighted by molar-refractivity contribution is 0.806. The molecule has 0 bridgehead atoms. The maximum absolute atomic E-state index is 4.55. The van der Waals surface area contributed by atoms with Gasteiger partial charge in [-0.05, 0) is 11.4 Å². The van der Waals surface area contributed by atoms with Gasteiger partial charge in [0.15, 0.2) is 0 Å². The van der Waals surface area contributed by atoms with Crippen LogP contribution in [0.3, 0.4) is 0 Å². The molecule has 0 radical (unpaired) electrons. The Bertz CT molecular complexity index is 592. The van der Waals surface area contributed by atoms with E-state index in [-0.39, 0.29) is 0 Å². The lowest BCUT2D eigenvalue weighted by Crippen LogP contribution is -1.88. The Kier molecular flexibility index (Phi) is 1.86. The van der Waals surface area contributed by atoms with Crippen LogP contribution in [0, 0.1) is 0 Å². The van der Waals surface area contributed by atoms with Crippen molar-refractivity contribution in [1.82, 2.24) is 9.78 Å². The third kappa shape index (κ3) is 1.27. The van der Waals surface area contributed by atoms with Crippen LogP contribution in [0.2, 0.25) is 0 Å². The zero-order valence-electron chi connectivity index (χ0n) is 8.34. The van der Waals surface area contributed by atoms with Gasteiger partial charge in [0.05, 0.1) is 0 Å². The van der Waals surface area contributed by atoms with Gasteiger partial charge >= 0.3 is 0 Å². The first kappa shape index (κ1) is 8.68. The van der Waals surface area contributed by atoms with E-state index < -0.39 is 0 Å². The Morgan fingerprint density at radius 2 is 1.93 bits per heavy atom. The van der Waals surface area contributed by atoms with Crippen LogP contribution in [0.15, 0.2) is 41.8 Å². The predicted octanol–water partition coefficient (Wildman–Crippen LogP) is 3.30. The molecule has 3 heteroatoms. The van der Waals surface area contributed by atoms with E-state index in [1.54, 1.807) is 11.3 Å². The molecule has 0 saturated carbocycles. The smallest absolute Gasteiger partial charge is 0.121 e. The number of benzene rings is 1. The van der Waals surface area contributed by atoms with Gasteiger partial charge in [-0.2, -0.15) is 5.10 Å². The summed E-state index contributed by atoms with van der Waals surface area (Å²) in [5.41, 5.74) is 2.26. The Morgan fingerprint density at radius 1 is 1.13 bits per heavy atom. The molecule has 0 atom stereocenters. The SMILES string of the molecule is Cn1nc(-c2ccccc2)c2ccsc21. The lowest BCUT2D eigenvalue weighted by Gasteiger charge is -1.94. The van der Waals surface area contributed by atoms with Gasteiger partial charge in [0.25, 0.3) is 0 Å². The van der Waals surface area contributed by atoms with Gasteiger partial charge in [0.1, 0.15) is 10.5 Å². The summed E-state index contributed by atoms with van der Waals surface area (Å²) in [6.07, 6.45) is 0. The molecule has 2 nitrogen and oxygen atoms in total. The minimum atomic E-state index is 1.08. The van der Waals surface area contributed by atoms with E-state index in [0.717, 1.165) is 5.69 Å². The molecule has 0 amide bonds. The van der Waals surface area contributed by atoms with Crippen LogP contribution in [-0.2, 0) is 7.05 Å². The molecule has 2 aromatic heterocycles. The molecule has 0 spiro atoms. The molecule has 0 aliphatic rings. The molecule has 0 aliphatic carbocycles. The molecular weight excluding hydrogens is 204 g/mol. The molecule has 0 aliphatic heterocycles. The fourth-order valence-electron chi connectivity index (χ4n) is 1.79. The Morgan fingerprint density at radius 3 is 2.73 bits per heavy atom. The molecule has 0 N–H and O–H groups in total. The van der Waals surface area contributed by atoms with E-state index in [2.05, 4.69) is 28.7 Å². The Balaban J connectivity index is 2.32. The van der Waals surface area contributed by atoms with Crippen molar-refractivity contribution in [3.8, 4) is 11.3 Å². The fraction of sp³-hybridized carbons (Fsp3) is 0.0833. The summed E-state index contributed by atoms with van der Waals surface area (Å²) in [7, 11) is 1.99. The van der Waals surface area contributed by atoms with Gasteiger partial charge in [-0.25, -0.2) is 0 Å². The third-order valence-electron chi connectivity index (χ3n) is 2.49. The summed E-state index contributed by atoms with van der Waals surface area (Å²) in [4.78, 5) is 1.23. The van der Waals surface area contributed by atoms with Crippen molar-refractivity contribution >= 4 is 21.6 Å². The van der Waals surface area contributed by atoms with Crippen molar-refractivity contribution in [2.45, 2.75) is 0 Å². The van der Waals surface area contributed by atoms with Gasteiger partial charge in [-0.15, -0.1) is 11.3 Å². The van der Waals surface area contributed by atoms with Crippen molar-refractivity contribution in [1.29, 1.82) is 0 Å². The number of rotatable bonds is 1. The van der Waals surface area contributed by atoms with Gasteiger partial charge in [-0.3, -0.25) is 4.68 Å². The maximum atomic E-state index is 4.55. The van der Waals surface area contributed by atoms with E-state index in [9.17, 15) is 0 Å². The van der Waals surface area contributed by atoms with Gasteiger partial charge in [0, 0.05) is 18.0 Å². The Labute approximate surface area is 91.8 Å². The number of hydrogen-bond donors (Lipinski definition) is 0. The zero-order chi connectivity index (χ0) is 10.3. The second-order valence-corrected chi connectivity index (χ2v) is 4.37. The van der Waals surface area contributed by atoms with E-state index in [0.29, 0.717) is 0 Å². The first-order chi connectivity index (χ1) is 7.36. The number of aromatic nitrogens is 2. The molecule has 15 heavy (non-hydrogen) atoms. The predicted molar refractivity (Wildman–Crippen MR) is 64.0 cm³/mol. The Hall–Kier alpha value is -1.61. The van der Waals surface area contributed by atoms with Gasteiger partial charge < -0.3 is 0 Å². The average Bonchev–Trinajstić information content (AvgIpc) is 2.84. The molecule has 1 aromatic carbocycles. The van der Waals surface area contributed by atoms with E-state index in [4.69, 9.17) is 0 Å². The summed E-state index contributed by atoms with van der Waals surface area (Å²) in [5.74, 6) is 0. The van der Waals surface area contributed by atoms with Gasteiger partial charge in [0.2, 0.25) is 0 Å². The highest BCUT2D eigenvalue weighted by Gasteiger charge is 2.10. The molecule has 3 aromatic rings. The highest BCUT2D eigenvalue weighted by atomic mass is 32.1. The minimum Gasteiger partial charge on any atom is -0.257 e. The third-order valence-corrected chi connectivity index (χ3v) is 3.47. The summed E-state index contributed by atoms with van der Waals surface area (Å²) < 4.78 is 1.95. The average molecular weight is 214 g/mol. The van der Waals surface area contributed by atoms with Crippen molar-refractivity contribution in [3.05, 3.63) is 41.8 Å². The normalized spacial score (nSPS) is 11.0. The van der Waals surface area contributed by atoms with E-state index >= 15 is 0 Å². The second-order valence-electron chi connectivity index (χ2n) is 3.48. The molecule has 74 valence electrons. The summed E-state index contributed by atoms with van der Waals surface area (Å²) in [6.45, 7) is 0. The number of hydrogen-bond acceptors (Lipinski definition) is 2. The van der Waals surface area contributed by atoms with E-state index in [1.165, 1.54) is 15.8 Å². The monoisotopic (exact) mass is 214 g/mol. The number of nitrogens with zero attached hydrogens (tertiary/aromatic N) is 2. The van der Waals surface area contributed by atoms with E-state index in [1.807, 2.05) is 29.9 Å². The summed E-state index contributed by atoms with van der Waals surface area (Å²) in [5, 5.41) is 7.90. The molecular formula is C12H10N2S.